The number of fused-ring (bicyclic) bond motifs is 1. The number of hydrogen-bond donors (Lipinski definition) is 1. The lowest BCUT2D eigenvalue weighted by Crippen LogP contribution is -2.40. The first-order valence-corrected chi connectivity index (χ1v) is 9.46. The van der Waals surface area contributed by atoms with Crippen molar-refractivity contribution in [3.8, 4) is 5.75 Å². The summed E-state index contributed by atoms with van der Waals surface area (Å²) >= 11 is 0. The van der Waals surface area contributed by atoms with Gasteiger partial charge in [0.05, 0.1) is 6.54 Å². The van der Waals surface area contributed by atoms with Gasteiger partial charge in [-0.15, -0.1) is 0 Å². The number of hydrogen-bond acceptors (Lipinski definition) is 4. The van der Waals surface area contributed by atoms with E-state index in [9.17, 15) is 14.7 Å². The molecule has 1 unspecified atom stereocenters. The van der Waals surface area contributed by atoms with Crippen LogP contribution in [0.2, 0.25) is 0 Å². The highest BCUT2D eigenvalue weighted by Crippen LogP contribution is 2.27. The summed E-state index contributed by atoms with van der Waals surface area (Å²) < 4.78 is 11.3. The maximum absolute atomic E-state index is 12.5. The summed E-state index contributed by atoms with van der Waals surface area (Å²) in [4.78, 5) is 25.4. The van der Waals surface area contributed by atoms with Crippen LogP contribution in [0.4, 0.5) is 4.79 Å². The van der Waals surface area contributed by atoms with E-state index in [4.69, 9.17) is 9.47 Å². The minimum atomic E-state index is -1.06. The first-order chi connectivity index (χ1) is 14.1. The monoisotopic (exact) mass is 391 g/mol. The fourth-order valence-corrected chi connectivity index (χ4v) is 3.55. The number of nitrogens with zero attached hydrogens (tertiary/aromatic N) is 1. The van der Waals surface area contributed by atoms with Gasteiger partial charge in [0.25, 0.3) is 0 Å². The van der Waals surface area contributed by atoms with Gasteiger partial charge in [-0.25, -0.2) is 9.59 Å². The summed E-state index contributed by atoms with van der Waals surface area (Å²) in [5, 5.41) is 11.7. The Morgan fingerprint density at radius 1 is 0.966 bits per heavy atom. The third-order valence-corrected chi connectivity index (χ3v) is 5.01. The van der Waals surface area contributed by atoms with Crippen LogP contribution >= 0.6 is 0 Å². The van der Waals surface area contributed by atoms with E-state index in [0.717, 1.165) is 16.3 Å². The van der Waals surface area contributed by atoms with Crippen molar-refractivity contribution in [3.63, 3.8) is 0 Å². The first kappa shape index (κ1) is 18.8. The van der Waals surface area contributed by atoms with Crippen LogP contribution in [0, 0.1) is 0 Å². The third kappa shape index (κ3) is 4.32. The summed E-state index contributed by atoms with van der Waals surface area (Å²) in [5.41, 5.74) is 0.843. The lowest BCUT2D eigenvalue weighted by molar-refractivity contribution is -0.141. The molecule has 1 heterocycles. The number of ether oxygens (including phenoxy) is 2. The molecular weight excluding hydrogens is 370 g/mol. The molecule has 1 amide bonds. The SMILES string of the molecule is O=C(O)[C@@H]1CC(Oc2ccc3ccccc3c2)CN1C(=O)OCc1ccccc1. The molecule has 1 N–H and O–H groups in total. The Balaban J connectivity index is 1.43. The fraction of sp³-hybridized carbons (Fsp3) is 0.217. The minimum Gasteiger partial charge on any atom is -0.488 e. The Bertz CT molecular complexity index is 1020. The molecule has 0 saturated carbocycles. The number of carboxylic acids is 1. The molecule has 0 bridgehead atoms. The van der Waals surface area contributed by atoms with Crippen LogP contribution in [0.1, 0.15) is 12.0 Å². The minimum absolute atomic E-state index is 0.0959. The molecule has 1 fully saturated rings. The van der Waals surface area contributed by atoms with Crippen LogP contribution in [0.15, 0.2) is 72.8 Å². The molecule has 6 nitrogen and oxygen atoms in total. The topological polar surface area (TPSA) is 76.1 Å². The number of carbonyl (C=O) groups excluding carboxylic acids is 1. The number of benzene rings is 3. The summed E-state index contributed by atoms with van der Waals surface area (Å²) in [6, 6.07) is 22.0. The smallest absolute Gasteiger partial charge is 0.410 e. The summed E-state index contributed by atoms with van der Waals surface area (Å²) in [7, 11) is 0. The zero-order chi connectivity index (χ0) is 20.2. The summed E-state index contributed by atoms with van der Waals surface area (Å²) in [6.45, 7) is 0.260. The van der Waals surface area contributed by atoms with Crippen LogP contribution in [-0.2, 0) is 16.1 Å². The van der Waals surface area contributed by atoms with Crippen molar-refractivity contribution in [2.75, 3.05) is 6.54 Å². The Morgan fingerprint density at radius 3 is 2.45 bits per heavy atom. The molecule has 0 spiro atoms. The molecule has 3 aromatic rings. The third-order valence-electron chi connectivity index (χ3n) is 5.01. The molecule has 0 aromatic heterocycles. The standard InChI is InChI=1S/C23H21NO5/c25-22(26)21-13-20(29-19-11-10-17-8-4-5-9-18(17)12-19)14-24(21)23(27)28-15-16-6-2-1-3-7-16/h1-12,20-21H,13-15H2,(H,25,26)/t20?,21-/m0/s1. The number of carboxylic acid groups (broad SMARTS) is 1. The van der Waals surface area contributed by atoms with Gasteiger partial charge >= 0.3 is 12.1 Å². The second-order valence-corrected chi connectivity index (χ2v) is 7.03. The molecular formula is C23H21NO5. The van der Waals surface area contributed by atoms with Crippen molar-refractivity contribution in [1.29, 1.82) is 0 Å². The Morgan fingerprint density at radius 2 is 1.69 bits per heavy atom. The van der Waals surface area contributed by atoms with Gasteiger partial charge in [0.2, 0.25) is 0 Å². The Labute approximate surface area is 168 Å². The molecule has 2 atom stereocenters. The molecule has 6 heteroatoms. The van der Waals surface area contributed by atoms with Gasteiger partial charge in [-0.1, -0.05) is 60.7 Å². The van der Waals surface area contributed by atoms with Crippen molar-refractivity contribution in [1.82, 2.24) is 4.90 Å². The van der Waals surface area contributed by atoms with Crippen molar-refractivity contribution in [3.05, 3.63) is 78.4 Å². The van der Waals surface area contributed by atoms with Gasteiger partial charge in [-0.3, -0.25) is 4.90 Å². The van der Waals surface area contributed by atoms with E-state index in [0.29, 0.717) is 5.75 Å². The number of carbonyl (C=O) groups is 2. The van der Waals surface area contributed by atoms with Crippen LogP contribution in [0.3, 0.4) is 0 Å². The molecule has 4 rings (SSSR count). The lowest BCUT2D eigenvalue weighted by Gasteiger charge is -2.20. The van der Waals surface area contributed by atoms with Gasteiger partial charge in [-0.05, 0) is 28.5 Å². The average Bonchev–Trinajstić information content (AvgIpc) is 3.17. The summed E-state index contributed by atoms with van der Waals surface area (Å²) in [5.74, 6) is -0.413. The molecule has 148 valence electrons. The lowest BCUT2D eigenvalue weighted by atomic mass is 10.1. The fourth-order valence-electron chi connectivity index (χ4n) is 3.55. The van der Waals surface area contributed by atoms with Gasteiger partial charge in [-0.2, -0.15) is 0 Å². The quantitative estimate of drug-likeness (QED) is 0.709. The van der Waals surface area contributed by atoms with Crippen LogP contribution in [0.25, 0.3) is 10.8 Å². The van der Waals surface area contributed by atoms with E-state index in [2.05, 4.69) is 0 Å². The van der Waals surface area contributed by atoms with Gasteiger partial charge in [0, 0.05) is 6.42 Å². The molecule has 1 aliphatic heterocycles. The van der Waals surface area contributed by atoms with E-state index in [1.165, 1.54) is 4.90 Å². The number of amides is 1. The highest BCUT2D eigenvalue weighted by Gasteiger charge is 2.41. The predicted molar refractivity (Wildman–Crippen MR) is 108 cm³/mol. The largest absolute Gasteiger partial charge is 0.488 e. The van der Waals surface area contributed by atoms with E-state index < -0.39 is 24.2 Å². The van der Waals surface area contributed by atoms with E-state index >= 15 is 0 Å². The van der Waals surface area contributed by atoms with E-state index in [-0.39, 0.29) is 19.6 Å². The molecule has 3 aromatic carbocycles. The van der Waals surface area contributed by atoms with Gasteiger partial charge in [0.1, 0.15) is 24.5 Å². The van der Waals surface area contributed by atoms with Crippen molar-refractivity contribution < 1.29 is 24.2 Å². The molecule has 1 aliphatic rings. The maximum atomic E-state index is 12.5. The number of rotatable bonds is 5. The molecule has 0 radical (unpaired) electrons. The van der Waals surface area contributed by atoms with E-state index in [1.54, 1.807) is 0 Å². The van der Waals surface area contributed by atoms with Gasteiger partial charge in [0.15, 0.2) is 0 Å². The van der Waals surface area contributed by atoms with E-state index in [1.807, 2.05) is 72.8 Å². The molecule has 29 heavy (non-hydrogen) atoms. The zero-order valence-electron chi connectivity index (χ0n) is 15.7. The Kier molecular flexibility index (Phi) is 5.33. The molecule has 0 aliphatic carbocycles. The first-order valence-electron chi connectivity index (χ1n) is 9.46. The van der Waals surface area contributed by atoms with Crippen LogP contribution in [0.5, 0.6) is 5.75 Å². The van der Waals surface area contributed by atoms with Crippen molar-refractivity contribution in [2.24, 2.45) is 0 Å². The molecule has 1 saturated heterocycles. The maximum Gasteiger partial charge on any atom is 0.410 e. The van der Waals surface area contributed by atoms with Crippen molar-refractivity contribution >= 4 is 22.8 Å². The van der Waals surface area contributed by atoms with Gasteiger partial charge < -0.3 is 14.6 Å². The Hall–Kier alpha value is -3.54. The number of aliphatic carboxylic acids is 1. The van der Waals surface area contributed by atoms with Crippen LogP contribution < -0.4 is 4.74 Å². The second kappa shape index (κ2) is 8.22. The normalized spacial score (nSPS) is 18.6. The highest BCUT2D eigenvalue weighted by atomic mass is 16.6. The van der Waals surface area contributed by atoms with Crippen molar-refractivity contribution in [2.45, 2.75) is 25.2 Å². The second-order valence-electron chi connectivity index (χ2n) is 7.03. The zero-order valence-corrected chi connectivity index (χ0v) is 15.7. The predicted octanol–water partition coefficient (Wildman–Crippen LogP) is 4.08. The number of likely N-dealkylation sites (tertiary alicyclic amines) is 1. The van der Waals surface area contributed by atoms with Crippen LogP contribution in [-0.4, -0.2) is 40.8 Å². The summed E-state index contributed by atoms with van der Waals surface area (Å²) in [6.07, 6.45) is -0.852. The highest BCUT2D eigenvalue weighted by molar-refractivity contribution is 5.84. The average molecular weight is 391 g/mol.